The van der Waals surface area contributed by atoms with E-state index in [1.165, 1.54) is 8.61 Å². The van der Waals surface area contributed by atoms with Gasteiger partial charge in [-0.15, -0.1) is 0 Å². The zero-order chi connectivity index (χ0) is 13.2. The van der Waals surface area contributed by atoms with Gasteiger partial charge in [-0.05, 0) is 26.7 Å². The van der Waals surface area contributed by atoms with Gasteiger partial charge in [-0.25, -0.2) is 0 Å². The van der Waals surface area contributed by atoms with E-state index in [1.807, 2.05) is 13.8 Å². The lowest BCUT2D eigenvalue weighted by molar-refractivity contribution is 0.279. The highest BCUT2D eigenvalue weighted by molar-refractivity contribution is 7.86. The SMILES string of the molecule is CC(C)N(C)S(=O)(=O)N1CCCC(C(N)=S)C1. The second-order valence-electron chi connectivity index (χ2n) is 4.72. The Bertz CT molecular complexity index is 381. The first kappa shape index (κ1) is 14.8. The Morgan fingerprint density at radius 3 is 2.59 bits per heavy atom. The molecule has 1 atom stereocenters. The van der Waals surface area contributed by atoms with Crippen LogP contribution in [0.15, 0.2) is 0 Å². The molecule has 0 radical (unpaired) electrons. The van der Waals surface area contributed by atoms with Gasteiger partial charge in [0.1, 0.15) is 0 Å². The van der Waals surface area contributed by atoms with Gasteiger partial charge in [0.05, 0.1) is 4.99 Å². The van der Waals surface area contributed by atoms with Crippen LogP contribution in [-0.2, 0) is 10.2 Å². The highest BCUT2D eigenvalue weighted by Crippen LogP contribution is 2.21. The van der Waals surface area contributed by atoms with Crippen LogP contribution in [0.3, 0.4) is 0 Å². The minimum atomic E-state index is -3.38. The van der Waals surface area contributed by atoms with Crippen LogP contribution in [0.2, 0.25) is 0 Å². The first-order valence-electron chi connectivity index (χ1n) is 5.79. The summed E-state index contributed by atoms with van der Waals surface area (Å²) < 4.78 is 27.4. The van der Waals surface area contributed by atoms with Crippen molar-refractivity contribution in [1.29, 1.82) is 0 Å². The smallest absolute Gasteiger partial charge is 0.281 e. The molecule has 0 aromatic carbocycles. The number of rotatable bonds is 4. The van der Waals surface area contributed by atoms with Crippen LogP contribution in [0, 0.1) is 5.92 Å². The third-order valence-corrected chi connectivity index (χ3v) is 5.67. The Hall–Kier alpha value is -0.240. The zero-order valence-electron chi connectivity index (χ0n) is 10.6. The third-order valence-electron chi connectivity index (χ3n) is 3.20. The summed E-state index contributed by atoms with van der Waals surface area (Å²) in [4.78, 5) is 0.414. The first-order chi connectivity index (χ1) is 7.76. The van der Waals surface area contributed by atoms with Crippen LogP contribution in [-0.4, -0.2) is 48.2 Å². The van der Waals surface area contributed by atoms with Crippen LogP contribution in [0.1, 0.15) is 26.7 Å². The van der Waals surface area contributed by atoms with Gasteiger partial charge in [-0.3, -0.25) is 0 Å². The van der Waals surface area contributed by atoms with Gasteiger partial charge in [-0.2, -0.15) is 17.0 Å². The van der Waals surface area contributed by atoms with Gasteiger partial charge in [0.2, 0.25) is 0 Å². The summed E-state index contributed by atoms with van der Waals surface area (Å²) in [6.07, 6.45) is 1.69. The molecule has 0 aromatic heterocycles. The number of piperidine rings is 1. The van der Waals surface area contributed by atoms with E-state index in [9.17, 15) is 8.42 Å². The molecule has 0 amide bonds. The molecule has 1 unspecified atom stereocenters. The summed E-state index contributed by atoms with van der Waals surface area (Å²) in [6.45, 7) is 4.67. The summed E-state index contributed by atoms with van der Waals surface area (Å²) in [7, 11) is -1.77. The maximum absolute atomic E-state index is 12.3. The van der Waals surface area contributed by atoms with E-state index in [0.29, 0.717) is 18.1 Å². The number of hydrogen-bond acceptors (Lipinski definition) is 3. The van der Waals surface area contributed by atoms with Crippen LogP contribution < -0.4 is 5.73 Å². The number of nitrogens with two attached hydrogens (primary N) is 1. The van der Waals surface area contributed by atoms with Crippen molar-refractivity contribution in [3.05, 3.63) is 0 Å². The lowest BCUT2D eigenvalue weighted by Crippen LogP contribution is -2.50. The Morgan fingerprint density at radius 2 is 2.12 bits per heavy atom. The average Bonchev–Trinajstić information content (AvgIpc) is 2.28. The molecule has 1 fully saturated rings. The summed E-state index contributed by atoms with van der Waals surface area (Å²) in [6, 6.07) is -0.0507. The molecule has 0 bridgehead atoms. The number of nitrogens with zero attached hydrogens (tertiary/aromatic N) is 2. The lowest BCUT2D eigenvalue weighted by atomic mass is 10.0. The highest BCUT2D eigenvalue weighted by atomic mass is 32.2. The quantitative estimate of drug-likeness (QED) is 0.764. The molecule has 17 heavy (non-hydrogen) atoms. The average molecular weight is 279 g/mol. The number of thiocarbonyl (C=S) groups is 1. The van der Waals surface area contributed by atoms with Crippen molar-refractivity contribution in [1.82, 2.24) is 8.61 Å². The molecule has 1 aliphatic rings. The topological polar surface area (TPSA) is 66.6 Å². The second-order valence-corrected chi connectivity index (χ2v) is 7.18. The maximum atomic E-state index is 12.3. The fourth-order valence-corrected chi connectivity index (χ4v) is 3.65. The lowest BCUT2D eigenvalue weighted by Gasteiger charge is -2.35. The minimum Gasteiger partial charge on any atom is -0.393 e. The van der Waals surface area contributed by atoms with E-state index in [4.69, 9.17) is 18.0 Å². The molecule has 1 aliphatic heterocycles. The van der Waals surface area contributed by atoms with Crippen molar-refractivity contribution < 1.29 is 8.42 Å². The number of hydrogen-bond donors (Lipinski definition) is 1. The molecule has 100 valence electrons. The van der Waals surface area contributed by atoms with E-state index < -0.39 is 10.2 Å². The van der Waals surface area contributed by atoms with E-state index in [-0.39, 0.29) is 12.0 Å². The molecular formula is C10H21N3O2S2. The zero-order valence-corrected chi connectivity index (χ0v) is 12.2. The fourth-order valence-electron chi connectivity index (χ4n) is 1.83. The fraction of sp³-hybridized carbons (Fsp3) is 0.900. The molecule has 0 saturated carbocycles. The van der Waals surface area contributed by atoms with E-state index in [2.05, 4.69) is 0 Å². The van der Waals surface area contributed by atoms with E-state index in [0.717, 1.165) is 12.8 Å². The van der Waals surface area contributed by atoms with Crippen molar-refractivity contribution in [3.63, 3.8) is 0 Å². The van der Waals surface area contributed by atoms with Crippen LogP contribution in [0.25, 0.3) is 0 Å². The van der Waals surface area contributed by atoms with E-state index >= 15 is 0 Å². The molecule has 0 aromatic rings. The monoisotopic (exact) mass is 279 g/mol. The van der Waals surface area contributed by atoms with Crippen LogP contribution in [0.4, 0.5) is 0 Å². The molecule has 0 aliphatic carbocycles. The van der Waals surface area contributed by atoms with Crippen molar-refractivity contribution in [3.8, 4) is 0 Å². The Balaban J connectivity index is 2.82. The van der Waals surface area contributed by atoms with Crippen LogP contribution >= 0.6 is 12.2 Å². The normalized spacial score (nSPS) is 23.2. The molecule has 0 spiro atoms. The maximum Gasteiger partial charge on any atom is 0.281 e. The van der Waals surface area contributed by atoms with Gasteiger partial charge in [0, 0.05) is 32.1 Å². The first-order valence-corrected chi connectivity index (χ1v) is 7.59. The molecule has 7 heteroatoms. The second kappa shape index (κ2) is 5.60. The summed E-state index contributed by atoms with van der Waals surface area (Å²) in [5, 5.41) is 0. The summed E-state index contributed by atoms with van der Waals surface area (Å²) in [5.74, 6) is 0.00841. The van der Waals surface area contributed by atoms with Crippen LogP contribution in [0.5, 0.6) is 0 Å². The van der Waals surface area contributed by atoms with Crippen molar-refractivity contribution in [2.24, 2.45) is 11.7 Å². The molecular weight excluding hydrogens is 258 g/mol. The molecule has 1 heterocycles. The van der Waals surface area contributed by atoms with Gasteiger partial charge >= 0.3 is 0 Å². The Kier molecular flexibility index (Phi) is 4.88. The van der Waals surface area contributed by atoms with Gasteiger partial charge in [0.25, 0.3) is 10.2 Å². The largest absolute Gasteiger partial charge is 0.393 e. The molecule has 5 nitrogen and oxygen atoms in total. The predicted octanol–water partition coefficient (Wildman–Crippen LogP) is 0.570. The van der Waals surface area contributed by atoms with Crippen molar-refractivity contribution in [2.45, 2.75) is 32.7 Å². The highest BCUT2D eigenvalue weighted by Gasteiger charge is 2.33. The van der Waals surface area contributed by atoms with Gasteiger partial charge in [0.15, 0.2) is 0 Å². The summed E-state index contributed by atoms with van der Waals surface area (Å²) in [5.41, 5.74) is 5.60. The van der Waals surface area contributed by atoms with Crippen molar-refractivity contribution in [2.75, 3.05) is 20.1 Å². The third kappa shape index (κ3) is 3.37. The van der Waals surface area contributed by atoms with Crippen molar-refractivity contribution >= 4 is 27.4 Å². The Labute approximate surface area is 109 Å². The predicted molar refractivity (Wildman–Crippen MR) is 72.9 cm³/mol. The Morgan fingerprint density at radius 1 is 1.53 bits per heavy atom. The standard InChI is InChI=1S/C10H21N3O2S2/c1-8(2)12(3)17(14,15)13-6-4-5-9(7-13)10(11)16/h8-9H,4-7H2,1-3H3,(H2,11,16). The van der Waals surface area contributed by atoms with E-state index in [1.54, 1.807) is 7.05 Å². The molecule has 2 N–H and O–H groups in total. The van der Waals surface area contributed by atoms with Gasteiger partial charge < -0.3 is 5.73 Å². The minimum absolute atomic E-state index is 0.00841. The molecule has 1 rings (SSSR count). The summed E-state index contributed by atoms with van der Waals surface area (Å²) >= 11 is 4.95. The van der Waals surface area contributed by atoms with Gasteiger partial charge in [-0.1, -0.05) is 12.2 Å². The molecule has 1 saturated heterocycles.